The minimum Gasteiger partial charge on any atom is -0.449 e. The Kier molecular flexibility index (Phi) is 6.37. The molecule has 168 valence electrons. The lowest BCUT2D eigenvalue weighted by Crippen LogP contribution is -2.50. The van der Waals surface area contributed by atoms with Crippen molar-refractivity contribution in [2.45, 2.75) is 13.8 Å². The van der Waals surface area contributed by atoms with Gasteiger partial charge in [0.2, 0.25) is 0 Å². The first kappa shape index (κ1) is 22.1. The fourth-order valence-corrected chi connectivity index (χ4v) is 3.99. The topological polar surface area (TPSA) is 67.7 Å². The zero-order chi connectivity index (χ0) is 22.8. The summed E-state index contributed by atoms with van der Waals surface area (Å²) in [6.07, 6.45) is 3.61. The van der Waals surface area contributed by atoms with Crippen molar-refractivity contribution in [3.8, 4) is 11.3 Å². The van der Waals surface area contributed by atoms with Crippen molar-refractivity contribution < 1.29 is 14.3 Å². The van der Waals surface area contributed by atoms with E-state index in [0.29, 0.717) is 54.8 Å². The van der Waals surface area contributed by atoms with E-state index >= 15 is 0 Å². The van der Waals surface area contributed by atoms with E-state index in [2.05, 4.69) is 0 Å². The summed E-state index contributed by atoms with van der Waals surface area (Å²) in [5.74, 6) is 0.212. The summed E-state index contributed by atoms with van der Waals surface area (Å²) in [6, 6.07) is 9.23. The van der Waals surface area contributed by atoms with E-state index in [1.165, 1.54) is 0 Å². The van der Waals surface area contributed by atoms with E-state index in [-0.39, 0.29) is 12.0 Å². The van der Waals surface area contributed by atoms with Crippen LogP contribution in [0.4, 0.5) is 4.79 Å². The molecular weight excluding hydrogens is 428 g/mol. The van der Waals surface area contributed by atoms with Crippen LogP contribution in [0.25, 0.3) is 22.2 Å². The van der Waals surface area contributed by atoms with Crippen LogP contribution >= 0.6 is 11.6 Å². The monoisotopic (exact) mass is 454 g/mol. The SMILES string of the molecule is CC(C)COC(=O)N1CCN(C(=O)c2ccc3c(Cl)cc(-c4ccn(C)c4)nc3c2)CC1. The normalized spacial score (nSPS) is 14.3. The van der Waals surface area contributed by atoms with Crippen molar-refractivity contribution in [3.63, 3.8) is 0 Å². The number of aromatic nitrogens is 2. The van der Waals surface area contributed by atoms with Gasteiger partial charge in [-0.05, 0) is 30.2 Å². The quantitative estimate of drug-likeness (QED) is 0.584. The number of hydrogen-bond acceptors (Lipinski definition) is 4. The molecule has 1 saturated heterocycles. The Morgan fingerprint density at radius 2 is 1.81 bits per heavy atom. The zero-order valence-corrected chi connectivity index (χ0v) is 19.3. The molecule has 32 heavy (non-hydrogen) atoms. The number of carbonyl (C=O) groups is 2. The van der Waals surface area contributed by atoms with Gasteiger partial charge in [0.25, 0.3) is 5.91 Å². The third kappa shape index (κ3) is 4.72. The number of carbonyl (C=O) groups excluding carboxylic acids is 2. The van der Waals surface area contributed by atoms with Gasteiger partial charge in [0.1, 0.15) is 0 Å². The van der Waals surface area contributed by atoms with Gasteiger partial charge in [-0.2, -0.15) is 0 Å². The Morgan fingerprint density at radius 3 is 2.47 bits per heavy atom. The molecule has 3 aromatic rings. The van der Waals surface area contributed by atoms with Crippen LogP contribution in [-0.2, 0) is 11.8 Å². The highest BCUT2D eigenvalue weighted by Gasteiger charge is 2.26. The lowest BCUT2D eigenvalue weighted by atomic mass is 10.1. The molecule has 0 bridgehead atoms. The van der Waals surface area contributed by atoms with Crippen LogP contribution < -0.4 is 0 Å². The number of hydrogen-bond donors (Lipinski definition) is 0. The van der Waals surface area contributed by atoms with E-state index in [0.717, 1.165) is 16.6 Å². The van der Waals surface area contributed by atoms with E-state index < -0.39 is 0 Å². The van der Waals surface area contributed by atoms with Gasteiger partial charge in [-0.1, -0.05) is 31.5 Å². The highest BCUT2D eigenvalue weighted by atomic mass is 35.5. The molecular formula is C24H27ClN4O3. The first-order valence-electron chi connectivity index (χ1n) is 10.8. The van der Waals surface area contributed by atoms with Crippen LogP contribution in [0.15, 0.2) is 42.7 Å². The first-order valence-corrected chi connectivity index (χ1v) is 11.1. The molecule has 2 amide bonds. The van der Waals surface area contributed by atoms with Gasteiger partial charge in [0.05, 0.1) is 22.8 Å². The summed E-state index contributed by atoms with van der Waals surface area (Å²) in [5.41, 5.74) is 2.97. The molecule has 4 rings (SSSR count). The molecule has 1 aliphatic rings. The molecule has 2 aromatic heterocycles. The molecule has 8 heteroatoms. The smallest absolute Gasteiger partial charge is 0.409 e. The molecule has 1 fully saturated rings. The molecule has 3 heterocycles. The number of halogens is 1. The highest BCUT2D eigenvalue weighted by Crippen LogP contribution is 2.29. The maximum absolute atomic E-state index is 13.1. The number of fused-ring (bicyclic) bond motifs is 1. The van der Waals surface area contributed by atoms with Gasteiger partial charge in [-0.15, -0.1) is 0 Å². The highest BCUT2D eigenvalue weighted by molar-refractivity contribution is 6.35. The third-order valence-electron chi connectivity index (χ3n) is 5.50. The van der Waals surface area contributed by atoms with Crippen LogP contribution in [0.2, 0.25) is 5.02 Å². The molecule has 1 aromatic carbocycles. The molecule has 0 spiro atoms. The van der Waals surface area contributed by atoms with Crippen molar-refractivity contribution in [2.24, 2.45) is 13.0 Å². The van der Waals surface area contributed by atoms with Gasteiger partial charge >= 0.3 is 6.09 Å². The molecule has 0 radical (unpaired) electrons. The Morgan fingerprint density at radius 1 is 1.09 bits per heavy atom. The molecule has 0 saturated carbocycles. The van der Waals surface area contributed by atoms with Crippen molar-refractivity contribution >= 4 is 34.5 Å². The lowest BCUT2D eigenvalue weighted by Gasteiger charge is -2.34. The standard InChI is InChI=1S/C24H27ClN4O3/c1-16(2)15-32-24(31)29-10-8-28(9-11-29)23(30)17-4-5-19-20(25)13-21(26-22(19)12-17)18-6-7-27(3)14-18/h4-7,12-14,16H,8-11,15H2,1-3H3. The maximum atomic E-state index is 13.1. The molecule has 7 nitrogen and oxygen atoms in total. The van der Waals surface area contributed by atoms with Gasteiger partial charge in [0, 0.05) is 62.1 Å². The second-order valence-electron chi connectivity index (χ2n) is 8.54. The van der Waals surface area contributed by atoms with Crippen LogP contribution in [0, 0.1) is 5.92 Å². The molecule has 0 N–H and O–H groups in total. The van der Waals surface area contributed by atoms with E-state index in [1.54, 1.807) is 21.9 Å². The van der Waals surface area contributed by atoms with Gasteiger partial charge in [-0.3, -0.25) is 4.79 Å². The summed E-state index contributed by atoms with van der Waals surface area (Å²) in [4.78, 5) is 33.4. The molecule has 0 atom stereocenters. The minimum atomic E-state index is -0.316. The lowest BCUT2D eigenvalue weighted by molar-refractivity contribution is 0.0535. The molecule has 0 aliphatic carbocycles. The van der Waals surface area contributed by atoms with Gasteiger partial charge in [0.15, 0.2) is 0 Å². The maximum Gasteiger partial charge on any atom is 0.409 e. The Balaban J connectivity index is 1.49. The average Bonchev–Trinajstić information content (AvgIpc) is 3.23. The Labute approximate surface area is 192 Å². The summed E-state index contributed by atoms with van der Waals surface area (Å²) < 4.78 is 7.24. The van der Waals surface area contributed by atoms with Crippen LogP contribution in [-0.4, -0.2) is 64.1 Å². The second kappa shape index (κ2) is 9.20. The van der Waals surface area contributed by atoms with E-state index in [4.69, 9.17) is 21.3 Å². The fourth-order valence-electron chi connectivity index (χ4n) is 3.73. The van der Waals surface area contributed by atoms with E-state index in [1.807, 2.05) is 56.1 Å². The Hall–Kier alpha value is -3.06. The van der Waals surface area contributed by atoms with Crippen molar-refractivity contribution in [2.75, 3.05) is 32.8 Å². The summed E-state index contributed by atoms with van der Waals surface area (Å²) in [7, 11) is 1.95. The number of nitrogens with zero attached hydrogens (tertiary/aromatic N) is 4. The van der Waals surface area contributed by atoms with Crippen LogP contribution in [0.5, 0.6) is 0 Å². The zero-order valence-electron chi connectivity index (χ0n) is 18.5. The summed E-state index contributed by atoms with van der Waals surface area (Å²) >= 11 is 6.50. The number of pyridine rings is 1. The average molecular weight is 455 g/mol. The van der Waals surface area contributed by atoms with Gasteiger partial charge < -0.3 is 19.1 Å². The van der Waals surface area contributed by atoms with Crippen molar-refractivity contribution in [1.82, 2.24) is 19.4 Å². The predicted octanol–water partition coefficient (Wildman–Crippen LogP) is 4.44. The number of amides is 2. The minimum absolute atomic E-state index is 0.0786. The number of aryl methyl sites for hydroxylation is 1. The van der Waals surface area contributed by atoms with Crippen molar-refractivity contribution in [3.05, 3.63) is 53.3 Å². The largest absolute Gasteiger partial charge is 0.449 e. The summed E-state index contributed by atoms with van der Waals surface area (Å²) in [6.45, 7) is 6.24. The predicted molar refractivity (Wildman–Crippen MR) is 125 cm³/mol. The van der Waals surface area contributed by atoms with Crippen LogP contribution in [0.1, 0.15) is 24.2 Å². The van der Waals surface area contributed by atoms with Crippen LogP contribution in [0.3, 0.4) is 0 Å². The number of ether oxygens (including phenoxy) is 1. The molecule has 1 aliphatic heterocycles. The van der Waals surface area contributed by atoms with Crippen molar-refractivity contribution in [1.29, 1.82) is 0 Å². The first-order chi connectivity index (χ1) is 15.3. The Bertz CT molecular complexity index is 1150. The summed E-state index contributed by atoms with van der Waals surface area (Å²) in [5, 5.41) is 1.40. The number of rotatable bonds is 4. The number of benzene rings is 1. The van der Waals surface area contributed by atoms with Gasteiger partial charge in [-0.25, -0.2) is 9.78 Å². The second-order valence-corrected chi connectivity index (χ2v) is 8.94. The molecule has 0 unspecified atom stereocenters. The van der Waals surface area contributed by atoms with E-state index in [9.17, 15) is 9.59 Å². The third-order valence-corrected chi connectivity index (χ3v) is 5.81. The number of piperazine rings is 1. The fraction of sp³-hybridized carbons (Fsp3) is 0.375.